The summed E-state index contributed by atoms with van der Waals surface area (Å²) in [7, 11) is 1.34. The molecule has 8 heteroatoms. The van der Waals surface area contributed by atoms with Gasteiger partial charge >= 0.3 is 5.97 Å². The first-order chi connectivity index (χ1) is 14.0. The highest BCUT2D eigenvalue weighted by atomic mass is 32.2. The van der Waals surface area contributed by atoms with E-state index in [1.807, 2.05) is 17.9 Å². The van der Waals surface area contributed by atoms with Crippen LogP contribution < -0.4 is 5.32 Å². The molecule has 0 aliphatic carbocycles. The third-order valence-electron chi connectivity index (χ3n) is 4.85. The van der Waals surface area contributed by atoms with Crippen LogP contribution in [0.15, 0.2) is 29.6 Å². The van der Waals surface area contributed by atoms with Crippen molar-refractivity contribution in [3.63, 3.8) is 0 Å². The number of hydrogen-bond acceptors (Lipinski definition) is 6. The summed E-state index contributed by atoms with van der Waals surface area (Å²) in [6, 6.07) is 7.49. The highest BCUT2D eigenvalue weighted by Gasteiger charge is 2.24. The Morgan fingerprint density at radius 3 is 2.90 bits per heavy atom. The lowest BCUT2D eigenvalue weighted by molar-refractivity contribution is -0.137. The molecule has 0 spiro atoms. The number of nitrogens with zero attached hydrogens (tertiary/aromatic N) is 1. The van der Waals surface area contributed by atoms with E-state index in [4.69, 9.17) is 0 Å². The van der Waals surface area contributed by atoms with Crippen LogP contribution in [0.2, 0.25) is 0 Å². The number of methoxy groups -OCH3 is 1. The van der Waals surface area contributed by atoms with Crippen molar-refractivity contribution in [2.75, 3.05) is 30.5 Å². The molecule has 0 unspecified atom stereocenters. The molecule has 2 heterocycles. The molecule has 3 rings (SSSR count). The first kappa shape index (κ1) is 21.4. The molecular formula is C21H24N2O4S2. The molecule has 1 aromatic heterocycles. The number of ether oxygens (including phenoxy) is 1. The molecule has 2 amide bonds. The van der Waals surface area contributed by atoms with E-state index < -0.39 is 0 Å². The number of benzene rings is 1. The zero-order valence-electron chi connectivity index (χ0n) is 16.5. The van der Waals surface area contributed by atoms with Gasteiger partial charge in [-0.15, -0.1) is 23.1 Å². The quantitative estimate of drug-likeness (QED) is 0.535. The lowest BCUT2D eigenvalue weighted by Crippen LogP contribution is -2.35. The normalized spacial score (nSPS) is 13.0. The first-order valence-electron chi connectivity index (χ1n) is 9.38. The number of carbonyl (C=O) groups is 3. The highest BCUT2D eigenvalue weighted by molar-refractivity contribution is 7.99. The van der Waals surface area contributed by atoms with E-state index in [9.17, 15) is 14.4 Å². The van der Waals surface area contributed by atoms with Crippen LogP contribution in [-0.2, 0) is 27.3 Å². The molecule has 1 N–H and O–H groups in total. The van der Waals surface area contributed by atoms with Gasteiger partial charge in [0, 0.05) is 41.4 Å². The summed E-state index contributed by atoms with van der Waals surface area (Å²) in [6.07, 6.45) is 1.17. The van der Waals surface area contributed by atoms with Crippen molar-refractivity contribution >= 4 is 46.6 Å². The lowest BCUT2D eigenvalue weighted by Gasteiger charge is -2.28. The molecule has 29 heavy (non-hydrogen) atoms. The second-order valence-electron chi connectivity index (χ2n) is 6.75. The topological polar surface area (TPSA) is 75.7 Å². The number of anilines is 1. The van der Waals surface area contributed by atoms with Gasteiger partial charge in [0.2, 0.25) is 5.91 Å². The number of nitrogens with one attached hydrogen (secondary N) is 1. The second kappa shape index (κ2) is 9.93. The molecule has 2 aromatic rings. The maximum absolute atomic E-state index is 13.1. The Balaban J connectivity index is 1.60. The Morgan fingerprint density at radius 2 is 2.10 bits per heavy atom. The predicted octanol–water partition coefficient (Wildman–Crippen LogP) is 3.49. The number of amides is 2. The minimum absolute atomic E-state index is 0.0101. The fourth-order valence-corrected chi connectivity index (χ4v) is 4.84. The molecular weight excluding hydrogens is 408 g/mol. The van der Waals surface area contributed by atoms with E-state index in [0.717, 1.165) is 12.0 Å². The molecule has 154 valence electrons. The van der Waals surface area contributed by atoms with E-state index >= 15 is 0 Å². The second-order valence-corrected chi connectivity index (χ2v) is 8.86. The van der Waals surface area contributed by atoms with Crippen LogP contribution in [0.25, 0.3) is 0 Å². The van der Waals surface area contributed by atoms with Crippen LogP contribution in [0.1, 0.15) is 32.8 Å². The molecule has 0 atom stereocenters. The van der Waals surface area contributed by atoms with Crippen molar-refractivity contribution in [1.82, 2.24) is 4.90 Å². The van der Waals surface area contributed by atoms with Gasteiger partial charge < -0.3 is 15.0 Å². The Labute approximate surface area is 178 Å². The number of esters is 1. The number of hydrogen-bond donors (Lipinski definition) is 1. The largest absolute Gasteiger partial charge is 0.468 e. The average molecular weight is 433 g/mol. The van der Waals surface area contributed by atoms with Crippen molar-refractivity contribution in [2.24, 2.45) is 0 Å². The van der Waals surface area contributed by atoms with Crippen molar-refractivity contribution in [1.29, 1.82) is 0 Å². The Morgan fingerprint density at radius 1 is 1.28 bits per heavy atom. The van der Waals surface area contributed by atoms with Crippen molar-refractivity contribution in [2.45, 2.75) is 26.3 Å². The summed E-state index contributed by atoms with van der Waals surface area (Å²) in [4.78, 5) is 39.6. The fourth-order valence-electron chi connectivity index (χ4n) is 3.19. The van der Waals surface area contributed by atoms with Gasteiger partial charge in [0.1, 0.15) is 0 Å². The number of thiophene rings is 1. The molecule has 0 saturated carbocycles. The summed E-state index contributed by atoms with van der Waals surface area (Å²) in [5.41, 5.74) is 3.25. The van der Waals surface area contributed by atoms with Crippen LogP contribution >= 0.6 is 23.1 Å². The summed E-state index contributed by atoms with van der Waals surface area (Å²) >= 11 is 3.10. The summed E-state index contributed by atoms with van der Waals surface area (Å²) in [5, 5.41) is 4.96. The zero-order chi connectivity index (χ0) is 20.8. The van der Waals surface area contributed by atoms with Crippen LogP contribution in [0, 0.1) is 6.92 Å². The maximum Gasteiger partial charge on any atom is 0.315 e. The predicted molar refractivity (Wildman–Crippen MR) is 117 cm³/mol. The lowest BCUT2D eigenvalue weighted by atomic mass is 10.0. The number of thioether (sulfide) groups is 1. The Bertz CT molecular complexity index is 910. The van der Waals surface area contributed by atoms with Gasteiger partial charge in [-0.2, -0.15) is 0 Å². The number of rotatable bonds is 7. The zero-order valence-corrected chi connectivity index (χ0v) is 18.2. The average Bonchev–Trinajstić information content (AvgIpc) is 3.20. The van der Waals surface area contributed by atoms with Crippen molar-refractivity contribution in [3.05, 3.63) is 51.2 Å². The Kier molecular flexibility index (Phi) is 7.33. The monoisotopic (exact) mass is 432 g/mol. The third kappa shape index (κ3) is 5.39. The van der Waals surface area contributed by atoms with Crippen molar-refractivity contribution in [3.8, 4) is 0 Å². The van der Waals surface area contributed by atoms with E-state index in [-0.39, 0.29) is 30.0 Å². The van der Waals surface area contributed by atoms with Crippen LogP contribution in [0.3, 0.4) is 0 Å². The third-order valence-corrected chi connectivity index (χ3v) is 6.81. The van der Waals surface area contributed by atoms with E-state index in [1.165, 1.54) is 29.3 Å². The standard InChI is InChI=1S/C21H24N2O4S2/c1-14-16(21(26)23-9-6-18-15(12-23)7-11-29-18)4-3-5-17(14)22-19(24)8-10-28-13-20(25)27-2/h3-5,7,11H,6,8-10,12-13H2,1-2H3,(H,22,24). The number of carbonyl (C=O) groups excluding carboxylic acids is 3. The fraction of sp³-hybridized carbons (Fsp3) is 0.381. The smallest absolute Gasteiger partial charge is 0.315 e. The van der Waals surface area contributed by atoms with Gasteiger partial charge in [-0.1, -0.05) is 6.07 Å². The molecule has 1 aromatic carbocycles. The van der Waals surface area contributed by atoms with Gasteiger partial charge in [-0.05, 0) is 48.1 Å². The van der Waals surface area contributed by atoms with E-state index in [2.05, 4.69) is 21.5 Å². The van der Waals surface area contributed by atoms with Crippen molar-refractivity contribution < 1.29 is 19.1 Å². The molecule has 0 fully saturated rings. The maximum atomic E-state index is 13.1. The summed E-state index contributed by atoms with van der Waals surface area (Å²) in [6.45, 7) is 3.19. The minimum atomic E-state index is -0.301. The van der Waals surface area contributed by atoms with Crippen LogP contribution in [-0.4, -0.2) is 47.8 Å². The molecule has 1 aliphatic rings. The van der Waals surface area contributed by atoms with Gasteiger partial charge in [0.05, 0.1) is 12.9 Å². The highest BCUT2D eigenvalue weighted by Crippen LogP contribution is 2.27. The molecule has 6 nitrogen and oxygen atoms in total. The minimum Gasteiger partial charge on any atom is -0.468 e. The van der Waals surface area contributed by atoms with E-state index in [0.29, 0.717) is 30.1 Å². The van der Waals surface area contributed by atoms with Crippen LogP contribution in [0.5, 0.6) is 0 Å². The first-order valence-corrected chi connectivity index (χ1v) is 11.4. The Hall–Kier alpha value is -2.32. The summed E-state index contributed by atoms with van der Waals surface area (Å²) in [5.74, 6) is 0.300. The van der Waals surface area contributed by atoms with Gasteiger partial charge in [-0.3, -0.25) is 14.4 Å². The van der Waals surface area contributed by atoms with E-state index in [1.54, 1.807) is 23.5 Å². The number of fused-ring (bicyclic) bond motifs is 1. The molecule has 1 aliphatic heterocycles. The van der Waals surface area contributed by atoms with Gasteiger partial charge in [-0.25, -0.2) is 0 Å². The summed E-state index contributed by atoms with van der Waals surface area (Å²) < 4.78 is 4.57. The SMILES string of the molecule is COC(=O)CSCCC(=O)Nc1cccc(C(=O)N2CCc3sccc3C2)c1C. The van der Waals surface area contributed by atoms with Gasteiger partial charge in [0.15, 0.2) is 0 Å². The van der Waals surface area contributed by atoms with Crippen LogP contribution in [0.4, 0.5) is 5.69 Å². The molecule has 0 saturated heterocycles. The molecule has 0 radical (unpaired) electrons. The van der Waals surface area contributed by atoms with Gasteiger partial charge in [0.25, 0.3) is 5.91 Å². The molecule has 0 bridgehead atoms.